The summed E-state index contributed by atoms with van der Waals surface area (Å²) in [6, 6.07) is 5.06. The topological polar surface area (TPSA) is 74.1 Å². The molecule has 0 amide bonds. The Morgan fingerprint density at radius 2 is 2.00 bits per heavy atom. The highest BCUT2D eigenvalue weighted by Crippen LogP contribution is 2.38. The van der Waals surface area contributed by atoms with Crippen LogP contribution in [-0.4, -0.2) is 30.3 Å². The van der Waals surface area contributed by atoms with Crippen LogP contribution in [0.1, 0.15) is 44.2 Å². The van der Waals surface area contributed by atoms with Crippen LogP contribution in [0.4, 0.5) is 0 Å². The number of nitrogens with zero attached hydrogens (tertiary/aromatic N) is 3. The maximum atomic E-state index is 12.9. The molecule has 1 atom stereocenters. The van der Waals surface area contributed by atoms with Crippen molar-refractivity contribution in [2.45, 2.75) is 49.5 Å². The summed E-state index contributed by atoms with van der Waals surface area (Å²) in [6.07, 6.45) is 7.94. The van der Waals surface area contributed by atoms with Crippen molar-refractivity contribution in [1.29, 1.82) is 5.26 Å². The molecule has 112 valence electrons. The fourth-order valence-corrected chi connectivity index (χ4v) is 5.54. The predicted octanol–water partition coefficient (Wildman–Crippen LogP) is 2.30. The van der Waals surface area contributed by atoms with Crippen LogP contribution in [0, 0.1) is 17.2 Å². The average molecular weight is 305 g/mol. The molecule has 0 aromatic carbocycles. The molecule has 2 aliphatic rings. The second-order valence-electron chi connectivity index (χ2n) is 5.83. The second-order valence-corrected chi connectivity index (χ2v) is 7.69. The van der Waals surface area contributed by atoms with Gasteiger partial charge in [-0.15, -0.1) is 0 Å². The lowest BCUT2D eigenvalue weighted by Crippen LogP contribution is -2.39. The van der Waals surface area contributed by atoms with E-state index in [-0.39, 0.29) is 16.6 Å². The molecule has 5 nitrogen and oxygen atoms in total. The minimum Gasteiger partial charge on any atom is -0.244 e. The number of hydrogen-bond donors (Lipinski definition) is 0. The summed E-state index contributed by atoms with van der Waals surface area (Å²) in [6.45, 7) is 0.559. The van der Waals surface area contributed by atoms with Crippen LogP contribution in [-0.2, 0) is 10.0 Å². The number of sulfonamides is 1. The summed E-state index contributed by atoms with van der Waals surface area (Å²) in [4.78, 5) is 3.94. The van der Waals surface area contributed by atoms with Gasteiger partial charge in [0.05, 0.1) is 0 Å². The second kappa shape index (κ2) is 5.74. The number of nitriles is 1. The van der Waals surface area contributed by atoms with E-state index in [1.807, 2.05) is 6.07 Å². The molecule has 2 fully saturated rings. The molecular formula is C15H19N3O2S. The van der Waals surface area contributed by atoms with E-state index < -0.39 is 10.0 Å². The minimum absolute atomic E-state index is 0.00503. The molecule has 6 heteroatoms. The van der Waals surface area contributed by atoms with Gasteiger partial charge in [0.15, 0.2) is 5.69 Å². The molecule has 1 aromatic rings. The van der Waals surface area contributed by atoms with Gasteiger partial charge in [0.1, 0.15) is 11.0 Å². The Kier molecular flexibility index (Phi) is 3.96. The monoisotopic (exact) mass is 305 g/mol. The van der Waals surface area contributed by atoms with Crippen LogP contribution >= 0.6 is 0 Å². The molecule has 3 rings (SSSR count). The maximum Gasteiger partial charge on any atom is 0.246 e. The number of aromatic nitrogens is 1. The fraction of sp³-hybridized carbons (Fsp3) is 0.600. The molecule has 1 aliphatic carbocycles. The third kappa shape index (κ3) is 2.56. The first-order valence-corrected chi connectivity index (χ1v) is 8.95. The number of hydrogen-bond acceptors (Lipinski definition) is 4. The first kappa shape index (κ1) is 14.5. The molecule has 1 aromatic heterocycles. The van der Waals surface area contributed by atoms with Gasteiger partial charge in [-0.2, -0.15) is 9.57 Å². The fourth-order valence-electron chi connectivity index (χ4n) is 3.69. The van der Waals surface area contributed by atoms with Crippen molar-refractivity contribution >= 4 is 10.0 Å². The van der Waals surface area contributed by atoms with Gasteiger partial charge in [-0.1, -0.05) is 12.8 Å². The van der Waals surface area contributed by atoms with Crippen molar-refractivity contribution in [2.75, 3.05) is 6.54 Å². The van der Waals surface area contributed by atoms with Gasteiger partial charge < -0.3 is 0 Å². The van der Waals surface area contributed by atoms with E-state index in [1.165, 1.54) is 25.1 Å². The average Bonchev–Trinajstić information content (AvgIpc) is 3.17. The van der Waals surface area contributed by atoms with Crippen molar-refractivity contribution in [1.82, 2.24) is 9.29 Å². The van der Waals surface area contributed by atoms with Gasteiger partial charge in [-0.05, 0) is 43.7 Å². The van der Waals surface area contributed by atoms with E-state index in [4.69, 9.17) is 5.26 Å². The van der Waals surface area contributed by atoms with Crippen LogP contribution in [0.15, 0.2) is 23.2 Å². The van der Waals surface area contributed by atoms with Gasteiger partial charge in [-0.25, -0.2) is 13.4 Å². The first-order chi connectivity index (χ1) is 10.1. The largest absolute Gasteiger partial charge is 0.246 e. The number of pyridine rings is 1. The summed E-state index contributed by atoms with van der Waals surface area (Å²) in [5.41, 5.74) is -0.00503. The lowest BCUT2D eigenvalue weighted by atomic mass is 9.97. The van der Waals surface area contributed by atoms with E-state index >= 15 is 0 Å². The smallest absolute Gasteiger partial charge is 0.244 e. The van der Waals surface area contributed by atoms with Crippen LogP contribution in [0.5, 0.6) is 0 Å². The van der Waals surface area contributed by atoms with Crippen LogP contribution < -0.4 is 0 Å². The molecule has 0 radical (unpaired) electrons. The Morgan fingerprint density at radius 1 is 1.24 bits per heavy atom. The van der Waals surface area contributed by atoms with E-state index in [2.05, 4.69) is 4.98 Å². The summed E-state index contributed by atoms with van der Waals surface area (Å²) in [5.74, 6) is 0.476. The normalized spacial score (nSPS) is 24.2. The van der Waals surface area contributed by atoms with Crippen molar-refractivity contribution in [2.24, 2.45) is 5.92 Å². The molecule has 0 N–H and O–H groups in total. The standard InChI is InChI=1S/C15H19N3O2S/c16-11-13-15(8-3-9-17-13)21(19,20)18-10-4-7-14(18)12-5-1-2-6-12/h3,8-9,12,14H,1-2,4-7,10H2. The zero-order valence-corrected chi connectivity index (χ0v) is 12.7. The Hall–Kier alpha value is -1.45. The predicted molar refractivity (Wildman–Crippen MR) is 77.8 cm³/mol. The summed E-state index contributed by atoms with van der Waals surface area (Å²) in [7, 11) is -3.62. The Balaban J connectivity index is 1.95. The third-order valence-electron chi connectivity index (χ3n) is 4.66. The Labute approximate surface area is 125 Å². The molecule has 0 spiro atoms. The van der Waals surface area contributed by atoms with Crippen LogP contribution in [0.2, 0.25) is 0 Å². The summed E-state index contributed by atoms with van der Waals surface area (Å²) in [5, 5.41) is 9.11. The molecular weight excluding hydrogens is 286 g/mol. The molecule has 1 saturated heterocycles. The Morgan fingerprint density at radius 3 is 2.71 bits per heavy atom. The van der Waals surface area contributed by atoms with Gasteiger partial charge in [-0.3, -0.25) is 0 Å². The van der Waals surface area contributed by atoms with Crippen molar-refractivity contribution in [3.05, 3.63) is 24.0 Å². The molecule has 1 saturated carbocycles. The van der Waals surface area contributed by atoms with Crippen LogP contribution in [0.25, 0.3) is 0 Å². The maximum absolute atomic E-state index is 12.9. The highest BCUT2D eigenvalue weighted by Gasteiger charge is 2.41. The molecule has 1 unspecified atom stereocenters. The lowest BCUT2D eigenvalue weighted by Gasteiger charge is -2.28. The van der Waals surface area contributed by atoms with Gasteiger partial charge >= 0.3 is 0 Å². The SMILES string of the molecule is N#Cc1ncccc1S(=O)(=O)N1CCCC1C1CCCC1. The molecule has 2 heterocycles. The van der Waals surface area contributed by atoms with E-state index in [0.717, 1.165) is 25.7 Å². The lowest BCUT2D eigenvalue weighted by molar-refractivity contribution is 0.288. The van der Waals surface area contributed by atoms with Gasteiger partial charge in [0, 0.05) is 18.8 Å². The van der Waals surface area contributed by atoms with E-state index in [1.54, 1.807) is 10.4 Å². The third-order valence-corrected chi connectivity index (χ3v) is 6.61. The van der Waals surface area contributed by atoms with Crippen molar-refractivity contribution in [3.8, 4) is 6.07 Å². The van der Waals surface area contributed by atoms with Crippen molar-refractivity contribution in [3.63, 3.8) is 0 Å². The number of rotatable bonds is 3. The van der Waals surface area contributed by atoms with Gasteiger partial charge in [0.25, 0.3) is 0 Å². The van der Waals surface area contributed by atoms with Crippen LogP contribution in [0.3, 0.4) is 0 Å². The molecule has 1 aliphatic heterocycles. The highest BCUT2D eigenvalue weighted by atomic mass is 32.2. The first-order valence-electron chi connectivity index (χ1n) is 7.51. The highest BCUT2D eigenvalue weighted by molar-refractivity contribution is 7.89. The Bertz CT molecular complexity index is 660. The van der Waals surface area contributed by atoms with Crippen molar-refractivity contribution < 1.29 is 8.42 Å². The quantitative estimate of drug-likeness (QED) is 0.858. The molecule has 21 heavy (non-hydrogen) atoms. The zero-order valence-electron chi connectivity index (χ0n) is 11.9. The zero-order chi connectivity index (χ0) is 14.9. The van der Waals surface area contributed by atoms with E-state index in [9.17, 15) is 8.42 Å². The van der Waals surface area contributed by atoms with Gasteiger partial charge in [0.2, 0.25) is 10.0 Å². The minimum atomic E-state index is -3.62. The molecule has 0 bridgehead atoms. The summed E-state index contributed by atoms with van der Waals surface area (Å²) < 4.78 is 27.5. The van der Waals surface area contributed by atoms with E-state index in [0.29, 0.717) is 12.5 Å². The summed E-state index contributed by atoms with van der Waals surface area (Å²) >= 11 is 0.